The number of halogens is 3. The van der Waals surface area contributed by atoms with Crippen LogP contribution in [0, 0.1) is 0 Å². The van der Waals surface area contributed by atoms with Crippen LogP contribution in [0.2, 0.25) is 0 Å². The standard InChI is InChI=1S/C18H14F3N5O2/c1-25-14(5-6-23-25)15-22-10-13-16(24-15)28-8-7-26(17(13)27)12-4-2-3-11(9-12)18(19,20)21/h2-6,9-10H,7-8H2,1H3. The molecule has 0 fully saturated rings. The lowest BCUT2D eigenvalue weighted by Crippen LogP contribution is -2.32. The number of benzene rings is 1. The molecule has 0 N–H and O–H groups in total. The minimum absolute atomic E-state index is 0.0802. The van der Waals surface area contributed by atoms with Crippen LogP contribution in [0.15, 0.2) is 42.7 Å². The zero-order chi connectivity index (χ0) is 19.9. The Kier molecular flexibility index (Phi) is 4.25. The maximum Gasteiger partial charge on any atom is 0.416 e. The SMILES string of the molecule is Cn1nccc1-c1ncc2c(n1)OCCN(c1cccc(C(F)(F)F)c1)C2=O. The molecule has 3 aromatic rings. The van der Waals surface area contributed by atoms with Gasteiger partial charge in [0.05, 0.1) is 12.1 Å². The van der Waals surface area contributed by atoms with E-state index in [4.69, 9.17) is 4.74 Å². The molecule has 0 bridgehead atoms. The summed E-state index contributed by atoms with van der Waals surface area (Å²) in [6, 6.07) is 6.32. The third-order valence-electron chi connectivity index (χ3n) is 4.32. The lowest BCUT2D eigenvalue weighted by atomic mass is 10.1. The monoisotopic (exact) mass is 389 g/mol. The summed E-state index contributed by atoms with van der Waals surface area (Å²) in [4.78, 5) is 22.6. The lowest BCUT2D eigenvalue weighted by molar-refractivity contribution is -0.137. The first kappa shape index (κ1) is 18.0. The number of fused-ring (bicyclic) bond motifs is 1. The average molecular weight is 389 g/mol. The van der Waals surface area contributed by atoms with Crippen LogP contribution < -0.4 is 9.64 Å². The van der Waals surface area contributed by atoms with Crippen LogP contribution in [-0.4, -0.2) is 38.8 Å². The zero-order valence-electron chi connectivity index (χ0n) is 14.6. The van der Waals surface area contributed by atoms with Gasteiger partial charge in [-0.05, 0) is 24.3 Å². The Morgan fingerprint density at radius 1 is 1.21 bits per heavy atom. The molecule has 1 amide bonds. The van der Waals surface area contributed by atoms with Crippen molar-refractivity contribution in [2.75, 3.05) is 18.1 Å². The van der Waals surface area contributed by atoms with E-state index in [2.05, 4.69) is 15.1 Å². The summed E-state index contributed by atoms with van der Waals surface area (Å²) in [5, 5.41) is 4.05. The van der Waals surface area contributed by atoms with E-state index < -0.39 is 17.6 Å². The number of nitrogens with zero attached hydrogens (tertiary/aromatic N) is 5. The van der Waals surface area contributed by atoms with Crippen molar-refractivity contribution < 1.29 is 22.7 Å². The van der Waals surface area contributed by atoms with Crippen LogP contribution in [0.5, 0.6) is 5.88 Å². The molecule has 0 aliphatic carbocycles. The maximum absolute atomic E-state index is 13.0. The summed E-state index contributed by atoms with van der Waals surface area (Å²) in [6.45, 7) is 0.161. The molecular formula is C18H14F3N5O2. The molecular weight excluding hydrogens is 375 g/mol. The second-order valence-corrected chi connectivity index (χ2v) is 6.11. The highest BCUT2D eigenvalue weighted by molar-refractivity contribution is 6.07. The summed E-state index contributed by atoms with van der Waals surface area (Å²) in [7, 11) is 1.73. The molecule has 1 aliphatic heterocycles. The van der Waals surface area contributed by atoms with Crippen molar-refractivity contribution in [2.24, 2.45) is 7.05 Å². The van der Waals surface area contributed by atoms with Crippen LogP contribution in [0.25, 0.3) is 11.5 Å². The molecule has 10 heteroatoms. The van der Waals surface area contributed by atoms with E-state index in [9.17, 15) is 18.0 Å². The Labute approximate surface area is 157 Å². The van der Waals surface area contributed by atoms with Gasteiger partial charge in [0.2, 0.25) is 5.88 Å². The third kappa shape index (κ3) is 3.17. The Balaban J connectivity index is 1.71. The van der Waals surface area contributed by atoms with E-state index in [1.807, 2.05) is 0 Å². The van der Waals surface area contributed by atoms with Crippen molar-refractivity contribution in [3.63, 3.8) is 0 Å². The maximum atomic E-state index is 13.0. The number of aromatic nitrogens is 4. The van der Waals surface area contributed by atoms with Gasteiger partial charge in [-0.3, -0.25) is 9.48 Å². The van der Waals surface area contributed by atoms with Crippen molar-refractivity contribution in [2.45, 2.75) is 6.18 Å². The molecule has 0 saturated carbocycles. The van der Waals surface area contributed by atoms with Gasteiger partial charge < -0.3 is 9.64 Å². The summed E-state index contributed by atoms with van der Waals surface area (Å²) >= 11 is 0. The number of alkyl halides is 3. The quantitative estimate of drug-likeness (QED) is 0.674. The van der Waals surface area contributed by atoms with Gasteiger partial charge in [0.15, 0.2) is 5.82 Å². The lowest BCUT2D eigenvalue weighted by Gasteiger charge is -2.21. The Bertz CT molecular complexity index is 1050. The van der Waals surface area contributed by atoms with Crippen LogP contribution >= 0.6 is 0 Å². The van der Waals surface area contributed by atoms with Crippen LogP contribution in [0.1, 0.15) is 15.9 Å². The Morgan fingerprint density at radius 3 is 2.75 bits per heavy atom. The first-order valence-electron chi connectivity index (χ1n) is 8.32. The normalized spacial score (nSPS) is 14.4. The number of ether oxygens (including phenoxy) is 1. The van der Waals surface area contributed by atoms with E-state index in [-0.39, 0.29) is 30.3 Å². The van der Waals surface area contributed by atoms with E-state index in [1.54, 1.807) is 24.0 Å². The van der Waals surface area contributed by atoms with Crippen molar-refractivity contribution in [3.8, 4) is 17.4 Å². The molecule has 144 valence electrons. The van der Waals surface area contributed by atoms with Crippen LogP contribution in [0.4, 0.5) is 18.9 Å². The van der Waals surface area contributed by atoms with E-state index in [1.165, 1.54) is 23.2 Å². The number of hydrogen-bond donors (Lipinski definition) is 0. The number of amides is 1. The van der Waals surface area contributed by atoms with Gasteiger partial charge in [-0.25, -0.2) is 4.98 Å². The van der Waals surface area contributed by atoms with Crippen LogP contribution in [-0.2, 0) is 13.2 Å². The number of hydrogen-bond acceptors (Lipinski definition) is 5. The number of aryl methyl sites for hydroxylation is 1. The summed E-state index contributed by atoms with van der Waals surface area (Å²) in [6.07, 6.45) is -1.59. The second kappa shape index (κ2) is 6.63. The molecule has 0 atom stereocenters. The minimum atomic E-state index is -4.50. The molecule has 1 aromatic carbocycles. The van der Waals surface area contributed by atoms with E-state index >= 15 is 0 Å². The minimum Gasteiger partial charge on any atom is -0.475 e. The van der Waals surface area contributed by atoms with Gasteiger partial charge >= 0.3 is 6.18 Å². The molecule has 0 unspecified atom stereocenters. The molecule has 0 radical (unpaired) electrons. The molecule has 7 nitrogen and oxygen atoms in total. The molecule has 4 rings (SSSR count). The predicted octanol–water partition coefficient (Wildman–Crippen LogP) is 2.94. The highest BCUT2D eigenvalue weighted by Gasteiger charge is 2.32. The number of carbonyl (C=O) groups excluding carboxylic acids is 1. The van der Waals surface area contributed by atoms with Crippen molar-refractivity contribution in [3.05, 3.63) is 53.9 Å². The summed E-state index contributed by atoms with van der Waals surface area (Å²) in [5.74, 6) is -0.104. The van der Waals surface area contributed by atoms with E-state index in [0.29, 0.717) is 11.5 Å². The van der Waals surface area contributed by atoms with Crippen molar-refractivity contribution in [1.29, 1.82) is 0 Å². The van der Waals surface area contributed by atoms with Gasteiger partial charge in [-0.15, -0.1) is 0 Å². The molecule has 28 heavy (non-hydrogen) atoms. The summed E-state index contributed by atoms with van der Waals surface area (Å²) < 4.78 is 46.2. The number of carbonyl (C=O) groups is 1. The van der Waals surface area contributed by atoms with Gasteiger partial charge in [-0.1, -0.05) is 6.07 Å². The highest BCUT2D eigenvalue weighted by Crippen LogP contribution is 2.33. The first-order chi connectivity index (χ1) is 13.3. The largest absolute Gasteiger partial charge is 0.475 e. The van der Waals surface area contributed by atoms with Gasteiger partial charge in [0, 0.05) is 25.1 Å². The molecule has 2 aromatic heterocycles. The fourth-order valence-corrected chi connectivity index (χ4v) is 2.92. The molecule has 0 saturated heterocycles. The Morgan fingerprint density at radius 2 is 2.04 bits per heavy atom. The fraction of sp³-hybridized carbons (Fsp3) is 0.222. The van der Waals surface area contributed by atoms with Crippen molar-refractivity contribution >= 4 is 11.6 Å². The van der Waals surface area contributed by atoms with Crippen LogP contribution in [0.3, 0.4) is 0 Å². The smallest absolute Gasteiger partial charge is 0.416 e. The topological polar surface area (TPSA) is 73.1 Å². The van der Waals surface area contributed by atoms with Gasteiger partial charge in [0.25, 0.3) is 5.91 Å². The van der Waals surface area contributed by atoms with Gasteiger partial charge in [0.1, 0.15) is 17.9 Å². The molecule has 3 heterocycles. The zero-order valence-corrected chi connectivity index (χ0v) is 14.6. The van der Waals surface area contributed by atoms with E-state index in [0.717, 1.165) is 12.1 Å². The predicted molar refractivity (Wildman–Crippen MR) is 92.8 cm³/mol. The summed E-state index contributed by atoms with van der Waals surface area (Å²) in [5.41, 5.74) is 0.0247. The second-order valence-electron chi connectivity index (χ2n) is 6.11. The highest BCUT2D eigenvalue weighted by atomic mass is 19.4. The number of anilines is 1. The molecule has 1 aliphatic rings. The number of rotatable bonds is 2. The third-order valence-corrected chi connectivity index (χ3v) is 4.32. The average Bonchev–Trinajstić information content (AvgIpc) is 3.02. The first-order valence-corrected chi connectivity index (χ1v) is 8.32. The Hall–Kier alpha value is -3.43. The van der Waals surface area contributed by atoms with Gasteiger partial charge in [-0.2, -0.15) is 23.3 Å². The van der Waals surface area contributed by atoms with Crippen molar-refractivity contribution in [1.82, 2.24) is 19.7 Å². The fourth-order valence-electron chi connectivity index (χ4n) is 2.92. The molecule has 0 spiro atoms.